The normalized spacial score (nSPS) is 10.5. The maximum absolute atomic E-state index is 12.0. The quantitative estimate of drug-likeness (QED) is 0.672. The monoisotopic (exact) mass is 254 g/mol. The fourth-order valence-corrected chi connectivity index (χ4v) is 1.71. The number of aromatic nitrogens is 3. The number of rotatable bonds is 1. The molecule has 0 unspecified atom stereocenters. The molecule has 0 saturated heterocycles. The van der Waals surface area contributed by atoms with E-state index in [4.69, 9.17) is 10.5 Å². The van der Waals surface area contributed by atoms with E-state index in [2.05, 4.69) is 9.97 Å². The number of carbonyl (C=O) groups excluding carboxylic acids is 1. The lowest BCUT2D eigenvalue weighted by Gasteiger charge is -2.05. The van der Waals surface area contributed by atoms with Gasteiger partial charge in [-0.05, 0) is 30.3 Å². The van der Waals surface area contributed by atoms with Gasteiger partial charge in [0.2, 0.25) is 0 Å². The number of nitrogen functional groups attached to an aromatic ring is 1. The highest BCUT2D eigenvalue weighted by Gasteiger charge is 2.11. The lowest BCUT2D eigenvalue weighted by molar-refractivity contribution is 0.203. The summed E-state index contributed by atoms with van der Waals surface area (Å²) in [5.41, 5.74) is 6.68. The molecule has 0 bridgehead atoms. The zero-order valence-corrected chi connectivity index (χ0v) is 9.85. The summed E-state index contributed by atoms with van der Waals surface area (Å²) in [5.74, 6) is 0.426. The Morgan fingerprint density at radius 3 is 2.79 bits per heavy atom. The lowest BCUT2D eigenvalue weighted by atomic mass is 10.3. The van der Waals surface area contributed by atoms with Crippen molar-refractivity contribution in [1.82, 2.24) is 14.5 Å². The van der Waals surface area contributed by atoms with Gasteiger partial charge in [0.05, 0.1) is 0 Å². The van der Waals surface area contributed by atoms with E-state index in [0.717, 1.165) is 5.39 Å². The summed E-state index contributed by atoms with van der Waals surface area (Å²) >= 11 is 0. The molecule has 2 heterocycles. The molecular weight excluding hydrogens is 244 g/mol. The van der Waals surface area contributed by atoms with Crippen molar-refractivity contribution < 1.29 is 9.53 Å². The molecule has 0 aliphatic rings. The summed E-state index contributed by atoms with van der Waals surface area (Å²) in [4.78, 5) is 20.0. The molecule has 6 heteroatoms. The molecule has 19 heavy (non-hydrogen) atoms. The predicted molar refractivity (Wildman–Crippen MR) is 69.8 cm³/mol. The third kappa shape index (κ3) is 2.11. The summed E-state index contributed by atoms with van der Waals surface area (Å²) in [5, 5.41) is 0.775. The van der Waals surface area contributed by atoms with Crippen LogP contribution in [0, 0.1) is 0 Å². The van der Waals surface area contributed by atoms with Crippen LogP contribution in [0.25, 0.3) is 11.0 Å². The molecule has 0 fully saturated rings. The molecule has 6 nitrogen and oxygen atoms in total. The Bertz CT molecular complexity index is 734. The molecule has 0 aliphatic heterocycles. The molecule has 1 aromatic carbocycles. The van der Waals surface area contributed by atoms with Crippen LogP contribution in [0.3, 0.4) is 0 Å². The number of carbonyl (C=O) groups is 1. The van der Waals surface area contributed by atoms with E-state index >= 15 is 0 Å². The minimum atomic E-state index is -0.529. The Kier molecular flexibility index (Phi) is 2.60. The molecule has 0 amide bonds. The Morgan fingerprint density at radius 1 is 1.21 bits per heavy atom. The molecule has 0 radical (unpaired) electrons. The molecule has 2 N–H and O–H groups in total. The SMILES string of the molecule is Nc1ccc(OC(=O)n2ccc3cncnc32)cc1. The highest BCUT2D eigenvalue weighted by molar-refractivity contribution is 5.87. The molecule has 3 rings (SSSR count). The van der Waals surface area contributed by atoms with Crippen LogP contribution in [-0.4, -0.2) is 20.6 Å². The molecule has 0 atom stereocenters. The van der Waals surface area contributed by atoms with Crippen molar-refractivity contribution in [3.05, 3.63) is 49.1 Å². The van der Waals surface area contributed by atoms with Gasteiger partial charge in [0.25, 0.3) is 0 Å². The van der Waals surface area contributed by atoms with Gasteiger partial charge in [-0.3, -0.25) is 0 Å². The first kappa shape index (κ1) is 11.2. The van der Waals surface area contributed by atoms with Crippen LogP contribution in [0.2, 0.25) is 0 Å². The lowest BCUT2D eigenvalue weighted by Crippen LogP contribution is -2.16. The second-order valence-corrected chi connectivity index (χ2v) is 3.92. The van der Waals surface area contributed by atoms with Gasteiger partial charge in [-0.1, -0.05) is 0 Å². The minimum Gasteiger partial charge on any atom is -0.410 e. The van der Waals surface area contributed by atoms with Crippen LogP contribution in [0.15, 0.2) is 49.1 Å². The fourth-order valence-electron chi connectivity index (χ4n) is 1.71. The standard InChI is InChI=1S/C13H10N4O2/c14-10-1-3-11(4-2-10)19-13(18)17-6-5-9-7-15-8-16-12(9)17/h1-8H,14H2. The van der Waals surface area contributed by atoms with Crippen LogP contribution < -0.4 is 10.5 Å². The highest BCUT2D eigenvalue weighted by Crippen LogP contribution is 2.16. The van der Waals surface area contributed by atoms with Gasteiger partial charge >= 0.3 is 6.09 Å². The Balaban J connectivity index is 1.90. The predicted octanol–water partition coefficient (Wildman–Crippen LogP) is 2.06. The Hall–Kier alpha value is -2.89. The maximum atomic E-state index is 12.0. The van der Waals surface area contributed by atoms with Gasteiger partial charge < -0.3 is 10.5 Å². The van der Waals surface area contributed by atoms with E-state index in [1.54, 1.807) is 42.7 Å². The molecule has 0 saturated carbocycles. The fraction of sp³-hybridized carbons (Fsp3) is 0. The number of hydrogen-bond acceptors (Lipinski definition) is 5. The average molecular weight is 254 g/mol. The van der Waals surface area contributed by atoms with Crippen LogP contribution in [0.4, 0.5) is 10.5 Å². The zero-order chi connectivity index (χ0) is 13.2. The molecule has 3 aromatic rings. The molecule has 94 valence electrons. The average Bonchev–Trinajstić information content (AvgIpc) is 2.85. The van der Waals surface area contributed by atoms with Gasteiger partial charge in [0.1, 0.15) is 12.1 Å². The first-order chi connectivity index (χ1) is 9.24. The van der Waals surface area contributed by atoms with E-state index in [9.17, 15) is 4.79 Å². The van der Waals surface area contributed by atoms with Crippen LogP contribution in [-0.2, 0) is 0 Å². The van der Waals surface area contributed by atoms with Crippen molar-refractivity contribution >= 4 is 22.8 Å². The number of nitrogens with zero attached hydrogens (tertiary/aromatic N) is 3. The van der Waals surface area contributed by atoms with E-state index in [0.29, 0.717) is 17.1 Å². The Morgan fingerprint density at radius 2 is 2.00 bits per heavy atom. The minimum absolute atomic E-state index is 0.426. The van der Waals surface area contributed by atoms with Crippen molar-refractivity contribution in [3.63, 3.8) is 0 Å². The third-order valence-corrected chi connectivity index (χ3v) is 2.63. The van der Waals surface area contributed by atoms with E-state index < -0.39 is 6.09 Å². The third-order valence-electron chi connectivity index (χ3n) is 2.63. The first-order valence-corrected chi connectivity index (χ1v) is 5.59. The molecule has 2 aromatic heterocycles. The number of anilines is 1. The smallest absolute Gasteiger partial charge is 0.410 e. The molecular formula is C13H10N4O2. The molecule has 0 spiro atoms. The summed E-state index contributed by atoms with van der Waals surface area (Å²) in [6.45, 7) is 0. The van der Waals surface area contributed by atoms with Crippen molar-refractivity contribution in [2.24, 2.45) is 0 Å². The Labute approximate surface area is 108 Å². The van der Waals surface area contributed by atoms with Crippen LogP contribution >= 0.6 is 0 Å². The van der Waals surface area contributed by atoms with Crippen LogP contribution in [0.5, 0.6) is 5.75 Å². The van der Waals surface area contributed by atoms with Gasteiger partial charge in [-0.15, -0.1) is 0 Å². The summed E-state index contributed by atoms with van der Waals surface area (Å²) in [6, 6.07) is 8.35. The van der Waals surface area contributed by atoms with Gasteiger partial charge in [-0.25, -0.2) is 19.3 Å². The largest absolute Gasteiger partial charge is 0.425 e. The van der Waals surface area contributed by atoms with Crippen molar-refractivity contribution in [1.29, 1.82) is 0 Å². The molecule has 0 aliphatic carbocycles. The summed E-state index contributed by atoms with van der Waals surface area (Å²) in [7, 11) is 0. The van der Waals surface area contributed by atoms with E-state index in [1.165, 1.54) is 10.9 Å². The van der Waals surface area contributed by atoms with Crippen LogP contribution in [0.1, 0.15) is 0 Å². The number of nitrogens with two attached hydrogens (primary N) is 1. The number of benzene rings is 1. The van der Waals surface area contributed by atoms with Crippen molar-refractivity contribution in [2.75, 3.05) is 5.73 Å². The second-order valence-electron chi connectivity index (χ2n) is 3.92. The summed E-state index contributed by atoms with van der Waals surface area (Å²) < 4.78 is 6.56. The van der Waals surface area contributed by atoms with E-state index in [-0.39, 0.29) is 0 Å². The number of ether oxygens (including phenoxy) is 1. The highest BCUT2D eigenvalue weighted by atomic mass is 16.6. The second kappa shape index (κ2) is 4.41. The van der Waals surface area contributed by atoms with Gasteiger partial charge in [0.15, 0.2) is 5.65 Å². The van der Waals surface area contributed by atoms with Gasteiger partial charge in [-0.2, -0.15) is 0 Å². The number of hydrogen-bond donors (Lipinski definition) is 1. The number of fused-ring (bicyclic) bond motifs is 1. The van der Waals surface area contributed by atoms with Crippen molar-refractivity contribution in [2.45, 2.75) is 0 Å². The van der Waals surface area contributed by atoms with Gasteiger partial charge in [0, 0.05) is 23.5 Å². The van der Waals surface area contributed by atoms with Crippen molar-refractivity contribution in [3.8, 4) is 5.75 Å². The zero-order valence-electron chi connectivity index (χ0n) is 9.85. The maximum Gasteiger partial charge on any atom is 0.425 e. The first-order valence-electron chi connectivity index (χ1n) is 5.59. The summed E-state index contributed by atoms with van der Waals surface area (Å²) in [6.07, 6.45) is 4.09. The van der Waals surface area contributed by atoms with E-state index in [1.807, 2.05) is 0 Å². The topological polar surface area (TPSA) is 83.0 Å².